The highest BCUT2D eigenvalue weighted by atomic mass is 16.2. The average Bonchev–Trinajstić information content (AvgIpc) is 2.76. The number of hydrogen-bond donors (Lipinski definition) is 0. The molecule has 2 rings (SSSR count). The summed E-state index contributed by atoms with van der Waals surface area (Å²) in [5.74, 6) is -2.20. The number of carbonyl (C=O) groups is 4. The maximum absolute atomic E-state index is 12.6. The van der Waals surface area contributed by atoms with E-state index in [1.807, 2.05) is 44.2 Å². The summed E-state index contributed by atoms with van der Waals surface area (Å²) in [4.78, 5) is 51.4. The lowest BCUT2D eigenvalue weighted by Gasteiger charge is -2.28. The van der Waals surface area contributed by atoms with Gasteiger partial charge in [0.15, 0.2) is 0 Å². The molecule has 0 radical (unpaired) electrons. The lowest BCUT2D eigenvalue weighted by atomic mass is 10.2. The van der Waals surface area contributed by atoms with Gasteiger partial charge < -0.3 is 4.90 Å². The smallest absolute Gasteiger partial charge is 0.334 e. The van der Waals surface area contributed by atoms with Crippen LogP contribution in [0.3, 0.4) is 0 Å². The van der Waals surface area contributed by atoms with Crippen LogP contribution in [0.4, 0.5) is 4.79 Å². The Kier molecular flexibility index (Phi) is 5.33. The molecule has 0 bridgehead atoms. The lowest BCUT2D eigenvalue weighted by Crippen LogP contribution is -2.45. The van der Waals surface area contributed by atoms with Crippen molar-refractivity contribution in [1.82, 2.24) is 14.7 Å². The SMILES string of the molecule is CCN1C(=O)C(=O)N(CC(=O)N(Cc2ccccc2)C(C)C)C1=O. The number of imide groups is 2. The van der Waals surface area contributed by atoms with Crippen LogP contribution in [0.15, 0.2) is 30.3 Å². The van der Waals surface area contributed by atoms with Crippen LogP contribution in [-0.4, -0.2) is 57.6 Å². The molecule has 1 aromatic rings. The van der Waals surface area contributed by atoms with Crippen molar-refractivity contribution < 1.29 is 19.2 Å². The Hall–Kier alpha value is -2.70. The number of nitrogens with zero attached hydrogens (tertiary/aromatic N) is 3. The highest BCUT2D eigenvalue weighted by molar-refractivity contribution is 6.45. The average molecular weight is 331 g/mol. The minimum Gasteiger partial charge on any atom is -0.334 e. The summed E-state index contributed by atoms with van der Waals surface area (Å²) < 4.78 is 0. The van der Waals surface area contributed by atoms with Crippen molar-refractivity contribution in [3.05, 3.63) is 35.9 Å². The number of likely N-dealkylation sites (N-methyl/N-ethyl adjacent to an activating group) is 1. The van der Waals surface area contributed by atoms with Crippen LogP contribution in [0.5, 0.6) is 0 Å². The minimum absolute atomic E-state index is 0.103. The first kappa shape index (κ1) is 17.7. The van der Waals surface area contributed by atoms with Crippen LogP contribution < -0.4 is 0 Å². The van der Waals surface area contributed by atoms with Crippen molar-refractivity contribution in [2.24, 2.45) is 0 Å². The topological polar surface area (TPSA) is 78.0 Å². The molecule has 128 valence electrons. The summed E-state index contributed by atoms with van der Waals surface area (Å²) in [5, 5.41) is 0. The summed E-state index contributed by atoms with van der Waals surface area (Å²) in [6.07, 6.45) is 0. The van der Waals surface area contributed by atoms with E-state index in [0.717, 1.165) is 10.5 Å². The van der Waals surface area contributed by atoms with Crippen LogP contribution in [0, 0.1) is 0 Å². The van der Waals surface area contributed by atoms with Gasteiger partial charge in [-0.3, -0.25) is 19.3 Å². The zero-order chi connectivity index (χ0) is 17.9. The van der Waals surface area contributed by atoms with E-state index in [1.54, 1.807) is 11.8 Å². The summed E-state index contributed by atoms with van der Waals surface area (Å²) in [6, 6.07) is 8.60. The fourth-order valence-electron chi connectivity index (χ4n) is 2.53. The van der Waals surface area contributed by atoms with Gasteiger partial charge in [0, 0.05) is 19.1 Å². The molecule has 5 amide bonds. The standard InChI is InChI=1S/C17H21N3O4/c1-4-18-15(22)16(23)20(17(18)24)11-14(21)19(12(2)3)10-13-8-6-5-7-9-13/h5-9,12H,4,10-11H2,1-3H3. The lowest BCUT2D eigenvalue weighted by molar-refractivity contribution is -0.145. The number of carbonyl (C=O) groups excluding carboxylic acids is 4. The predicted molar refractivity (Wildman–Crippen MR) is 86.6 cm³/mol. The van der Waals surface area contributed by atoms with Gasteiger partial charge in [-0.25, -0.2) is 9.69 Å². The maximum Gasteiger partial charge on any atom is 0.334 e. The Labute approximate surface area is 140 Å². The van der Waals surface area contributed by atoms with E-state index in [-0.39, 0.29) is 18.5 Å². The van der Waals surface area contributed by atoms with E-state index in [2.05, 4.69) is 0 Å². The Morgan fingerprint density at radius 2 is 1.62 bits per heavy atom. The van der Waals surface area contributed by atoms with Crippen molar-refractivity contribution in [3.8, 4) is 0 Å². The summed E-state index contributed by atoms with van der Waals surface area (Å²) in [7, 11) is 0. The molecule has 1 saturated heterocycles. The maximum atomic E-state index is 12.6. The van der Waals surface area contributed by atoms with Gasteiger partial charge in [-0.1, -0.05) is 30.3 Å². The predicted octanol–water partition coefficient (Wildman–Crippen LogP) is 1.23. The zero-order valence-corrected chi connectivity index (χ0v) is 14.1. The molecule has 24 heavy (non-hydrogen) atoms. The molecule has 1 aromatic carbocycles. The number of benzene rings is 1. The van der Waals surface area contributed by atoms with Gasteiger partial charge in [0.1, 0.15) is 6.54 Å². The number of urea groups is 1. The number of rotatable bonds is 6. The molecule has 1 heterocycles. The van der Waals surface area contributed by atoms with E-state index in [9.17, 15) is 19.2 Å². The van der Waals surface area contributed by atoms with Gasteiger partial charge >= 0.3 is 17.8 Å². The molecule has 0 atom stereocenters. The molecule has 0 N–H and O–H groups in total. The molecular formula is C17H21N3O4. The molecule has 0 aliphatic carbocycles. The molecule has 1 fully saturated rings. The summed E-state index contributed by atoms with van der Waals surface area (Å²) in [6.45, 7) is 5.37. The normalized spacial score (nSPS) is 14.8. The summed E-state index contributed by atoms with van der Waals surface area (Å²) >= 11 is 0. The van der Waals surface area contributed by atoms with Crippen molar-refractivity contribution in [2.75, 3.05) is 13.1 Å². The van der Waals surface area contributed by atoms with Gasteiger partial charge in [0.2, 0.25) is 5.91 Å². The van der Waals surface area contributed by atoms with Crippen LogP contribution in [0.2, 0.25) is 0 Å². The van der Waals surface area contributed by atoms with E-state index in [0.29, 0.717) is 11.4 Å². The van der Waals surface area contributed by atoms with Crippen LogP contribution in [0.1, 0.15) is 26.3 Å². The Morgan fingerprint density at radius 1 is 1.04 bits per heavy atom. The molecule has 0 spiro atoms. The van der Waals surface area contributed by atoms with Crippen molar-refractivity contribution in [3.63, 3.8) is 0 Å². The van der Waals surface area contributed by atoms with Gasteiger partial charge in [-0.05, 0) is 26.3 Å². The first-order chi connectivity index (χ1) is 11.4. The van der Waals surface area contributed by atoms with Gasteiger partial charge in [0.25, 0.3) is 0 Å². The van der Waals surface area contributed by atoms with E-state index in [1.165, 1.54) is 0 Å². The Morgan fingerprint density at radius 3 is 2.12 bits per heavy atom. The summed E-state index contributed by atoms with van der Waals surface area (Å²) in [5.41, 5.74) is 0.949. The van der Waals surface area contributed by atoms with E-state index in [4.69, 9.17) is 0 Å². The molecule has 0 unspecified atom stereocenters. The van der Waals surface area contributed by atoms with E-state index >= 15 is 0 Å². The second-order valence-electron chi connectivity index (χ2n) is 5.82. The minimum atomic E-state index is -0.946. The highest BCUT2D eigenvalue weighted by Crippen LogP contribution is 2.14. The number of amides is 5. The third-order valence-corrected chi connectivity index (χ3v) is 3.88. The second-order valence-corrected chi connectivity index (χ2v) is 5.82. The molecular weight excluding hydrogens is 310 g/mol. The highest BCUT2D eigenvalue weighted by Gasteiger charge is 2.44. The third kappa shape index (κ3) is 3.45. The Balaban J connectivity index is 2.12. The van der Waals surface area contributed by atoms with Crippen molar-refractivity contribution in [1.29, 1.82) is 0 Å². The molecule has 1 aliphatic rings. The van der Waals surface area contributed by atoms with Gasteiger partial charge in [-0.15, -0.1) is 0 Å². The fraction of sp³-hybridized carbons (Fsp3) is 0.412. The fourth-order valence-corrected chi connectivity index (χ4v) is 2.53. The van der Waals surface area contributed by atoms with Crippen molar-refractivity contribution in [2.45, 2.75) is 33.4 Å². The molecule has 7 nitrogen and oxygen atoms in total. The van der Waals surface area contributed by atoms with Crippen LogP contribution in [-0.2, 0) is 20.9 Å². The van der Waals surface area contributed by atoms with Crippen LogP contribution in [0.25, 0.3) is 0 Å². The second kappa shape index (κ2) is 7.25. The number of hydrogen-bond acceptors (Lipinski definition) is 4. The van der Waals surface area contributed by atoms with Crippen LogP contribution >= 0.6 is 0 Å². The quantitative estimate of drug-likeness (QED) is 0.580. The first-order valence-electron chi connectivity index (χ1n) is 7.87. The molecule has 1 aliphatic heterocycles. The molecule has 7 heteroatoms. The largest absolute Gasteiger partial charge is 0.334 e. The zero-order valence-electron chi connectivity index (χ0n) is 14.1. The van der Waals surface area contributed by atoms with E-state index < -0.39 is 24.4 Å². The monoisotopic (exact) mass is 331 g/mol. The van der Waals surface area contributed by atoms with Gasteiger partial charge in [-0.2, -0.15) is 0 Å². The first-order valence-corrected chi connectivity index (χ1v) is 7.87. The Bertz CT molecular complexity index is 657. The van der Waals surface area contributed by atoms with Crippen molar-refractivity contribution >= 4 is 23.8 Å². The molecule has 0 aromatic heterocycles. The van der Waals surface area contributed by atoms with Gasteiger partial charge in [0.05, 0.1) is 0 Å². The molecule has 0 saturated carbocycles. The third-order valence-electron chi connectivity index (χ3n) is 3.88.